The predicted octanol–water partition coefficient (Wildman–Crippen LogP) is 4.18. The van der Waals surface area contributed by atoms with E-state index in [1.165, 1.54) is 38.5 Å². The summed E-state index contributed by atoms with van der Waals surface area (Å²) >= 11 is 0. The minimum absolute atomic E-state index is 0.294. The Balaban J connectivity index is 4.89. The number of nitrogens with two attached hydrogens (primary N) is 2. The highest BCUT2D eigenvalue weighted by Gasteiger charge is 2.30. The molecule has 0 radical (unpaired) electrons. The molecular weight excluding hydrogens is 232 g/mol. The first-order chi connectivity index (χ1) is 8.97. The van der Waals surface area contributed by atoms with E-state index in [4.69, 9.17) is 11.5 Å². The van der Waals surface area contributed by atoms with Gasteiger partial charge in [-0.05, 0) is 56.4 Å². The van der Waals surface area contributed by atoms with E-state index in [2.05, 4.69) is 34.6 Å². The van der Waals surface area contributed by atoms with Gasteiger partial charge in [-0.3, -0.25) is 0 Å². The highest BCUT2D eigenvalue weighted by molar-refractivity contribution is 4.83. The van der Waals surface area contributed by atoms with Crippen molar-refractivity contribution in [2.45, 2.75) is 79.2 Å². The first-order valence-corrected chi connectivity index (χ1v) is 8.43. The van der Waals surface area contributed by atoms with Crippen LogP contribution in [0.15, 0.2) is 0 Å². The lowest BCUT2D eigenvalue weighted by atomic mass is 9.71. The second kappa shape index (κ2) is 10.7. The lowest BCUT2D eigenvalue weighted by molar-refractivity contribution is 0.158. The Labute approximate surface area is 121 Å². The molecule has 0 amide bonds. The maximum absolute atomic E-state index is 6.28. The van der Waals surface area contributed by atoms with Gasteiger partial charge in [0.25, 0.3) is 0 Å². The van der Waals surface area contributed by atoms with E-state index in [0.717, 1.165) is 12.5 Å². The van der Waals surface area contributed by atoms with Crippen LogP contribution in [-0.2, 0) is 0 Å². The molecule has 0 fully saturated rings. The Morgan fingerprint density at radius 3 is 1.89 bits per heavy atom. The Morgan fingerprint density at radius 1 is 0.895 bits per heavy atom. The van der Waals surface area contributed by atoms with Gasteiger partial charge in [-0.2, -0.15) is 0 Å². The topological polar surface area (TPSA) is 52.0 Å². The standard InChI is InChI=1S/C17H38N2/c1-6-8-10-17(15(12-18)11-13(3)4)16(9-7-2)14(5)19/h13-17H,6-12,18-19H2,1-5H3. The molecule has 0 rings (SSSR count). The van der Waals surface area contributed by atoms with E-state index in [9.17, 15) is 0 Å². The predicted molar refractivity (Wildman–Crippen MR) is 87.1 cm³/mol. The van der Waals surface area contributed by atoms with Crippen molar-refractivity contribution in [3.05, 3.63) is 0 Å². The van der Waals surface area contributed by atoms with Crippen LogP contribution in [0.4, 0.5) is 0 Å². The quantitative estimate of drug-likeness (QED) is 0.592. The molecule has 0 spiro atoms. The molecule has 4 unspecified atom stereocenters. The van der Waals surface area contributed by atoms with Crippen molar-refractivity contribution in [3.63, 3.8) is 0 Å². The molecule has 2 heteroatoms. The van der Waals surface area contributed by atoms with Crippen LogP contribution in [0.5, 0.6) is 0 Å². The van der Waals surface area contributed by atoms with E-state index in [-0.39, 0.29) is 0 Å². The molecule has 0 saturated carbocycles. The first-order valence-electron chi connectivity index (χ1n) is 8.43. The minimum Gasteiger partial charge on any atom is -0.330 e. The van der Waals surface area contributed by atoms with Crippen LogP contribution in [0.2, 0.25) is 0 Å². The summed E-state index contributed by atoms with van der Waals surface area (Å²) in [5.74, 6) is 2.73. The zero-order valence-electron chi connectivity index (χ0n) is 14.0. The van der Waals surface area contributed by atoms with Gasteiger partial charge in [-0.25, -0.2) is 0 Å². The van der Waals surface area contributed by atoms with E-state index in [1.807, 2.05) is 0 Å². The van der Waals surface area contributed by atoms with Crippen LogP contribution in [0.25, 0.3) is 0 Å². The van der Waals surface area contributed by atoms with Crippen LogP contribution in [0.1, 0.15) is 73.1 Å². The Kier molecular flexibility index (Phi) is 10.6. The van der Waals surface area contributed by atoms with Gasteiger partial charge in [0.15, 0.2) is 0 Å². The summed E-state index contributed by atoms with van der Waals surface area (Å²) in [6.45, 7) is 12.2. The minimum atomic E-state index is 0.294. The third-order valence-electron chi connectivity index (χ3n) is 4.42. The molecule has 0 aromatic heterocycles. The molecule has 2 nitrogen and oxygen atoms in total. The van der Waals surface area contributed by atoms with Gasteiger partial charge < -0.3 is 11.5 Å². The molecule has 4 atom stereocenters. The molecule has 4 N–H and O–H groups in total. The van der Waals surface area contributed by atoms with Crippen molar-refractivity contribution in [1.29, 1.82) is 0 Å². The van der Waals surface area contributed by atoms with Gasteiger partial charge in [-0.1, -0.05) is 47.0 Å². The fraction of sp³-hybridized carbons (Fsp3) is 1.00. The summed E-state index contributed by atoms with van der Waals surface area (Å²) in [6.07, 6.45) is 7.61. The van der Waals surface area contributed by atoms with E-state index in [1.54, 1.807) is 0 Å². The van der Waals surface area contributed by atoms with Gasteiger partial charge in [-0.15, -0.1) is 0 Å². The number of rotatable bonds is 11. The third-order valence-corrected chi connectivity index (χ3v) is 4.42. The Bertz CT molecular complexity index is 201. The molecule has 0 bridgehead atoms. The monoisotopic (exact) mass is 270 g/mol. The van der Waals surface area contributed by atoms with Gasteiger partial charge in [0, 0.05) is 6.04 Å². The zero-order valence-corrected chi connectivity index (χ0v) is 14.0. The molecule has 0 aliphatic rings. The summed E-state index contributed by atoms with van der Waals surface area (Å²) in [6, 6.07) is 0.294. The van der Waals surface area contributed by atoms with Gasteiger partial charge in [0.2, 0.25) is 0 Å². The highest BCUT2D eigenvalue weighted by Crippen LogP contribution is 2.34. The fourth-order valence-corrected chi connectivity index (χ4v) is 3.49. The summed E-state index contributed by atoms with van der Waals surface area (Å²) in [4.78, 5) is 0. The van der Waals surface area contributed by atoms with Gasteiger partial charge >= 0.3 is 0 Å². The number of hydrogen-bond donors (Lipinski definition) is 2. The second-order valence-corrected chi connectivity index (χ2v) is 6.74. The average Bonchev–Trinajstić information content (AvgIpc) is 2.35. The van der Waals surface area contributed by atoms with Crippen LogP contribution < -0.4 is 11.5 Å². The maximum Gasteiger partial charge on any atom is 0.00415 e. The average molecular weight is 271 g/mol. The van der Waals surface area contributed by atoms with Crippen molar-refractivity contribution < 1.29 is 0 Å². The van der Waals surface area contributed by atoms with Crippen LogP contribution in [0, 0.1) is 23.7 Å². The smallest absolute Gasteiger partial charge is 0.00415 e. The lowest BCUT2D eigenvalue weighted by Crippen LogP contribution is -2.39. The Morgan fingerprint density at radius 2 is 1.53 bits per heavy atom. The number of unbranched alkanes of at least 4 members (excludes halogenated alkanes) is 1. The molecule has 0 heterocycles. The molecule has 0 aliphatic heterocycles. The third kappa shape index (κ3) is 7.31. The van der Waals surface area contributed by atoms with Crippen molar-refractivity contribution in [1.82, 2.24) is 0 Å². The Hall–Kier alpha value is -0.0800. The summed E-state index contributed by atoms with van der Waals surface area (Å²) in [5, 5.41) is 0. The van der Waals surface area contributed by atoms with Gasteiger partial charge in [0.1, 0.15) is 0 Å². The second-order valence-electron chi connectivity index (χ2n) is 6.74. The molecule has 0 aromatic carbocycles. The van der Waals surface area contributed by atoms with Crippen molar-refractivity contribution in [3.8, 4) is 0 Å². The summed E-state index contributed by atoms with van der Waals surface area (Å²) < 4.78 is 0. The van der Waals surface area contributed by atoms with Crippen molar-refractivity contribution >= 4 is 0 Å². The van der Waals surface area contributed by atoms with E-state index >= 15 is 0 Å². The van der Waals surface area contributed by atoms with Crippen LogP contribution in [-0.4, -0.2) is 12.6 Å². The zero-order chi connectivity index (χ0) is 14.8. The molecule has 19 heavy (non-hydrogen) atoms. The molecule has 116 valence electrons. The molecular formula is C17H38N2. The highest BCUT2D eigenvalue weighted by atomic mass is 14.7. The first kappa shape index (κ1) is 18.9. The molecule has 0 aromatic rings. The largest absolute Gasteiger partial charge is 0.330 e. The lowest BCUT2D eigenvalue weighted by Gasteiger charge is -2.36. The van der Waals surface area contributed by atoms with Crippen molar-refractivity contribution in [2.24, 2.45) is 35.1 Å². The molecule has 0 saturated heterocycles. The van der Waals surface area contributed by atoms with Gasteiger partial charge in [0.05, 0.1) is 0 Å². The summed E-state index contributed by atoms with van der Waals surface area (Å²) in [7, 11) is 0. The normalized spacial score (nSPS) is 18.3. The van der Waals surface area contributed by atoms with E-state index < -0.39 is 0 Å². The SMILES string of the molecule is CCCCC(C(CN)CC(C)C)C(CCC)C(C)N. The van der Waals surface area contributed by atoms with Crippen molar-refractivity contribution in [2.75, 3.05) is 6.54 Å². The fourth-order valence-electron chi connectivity index (χ4n) is 3.49. The number of hydrogen-bond acceptors (Lipinski definition) is 2. The van der Waals surface area contributed by atoms with Crippen LogP contribution >= 0.6 is 0 Å². The van der Waals surface area contributed by atoms with E-state index in [0.29, 0.717) is 23.8 Å². The maximum atomic E-state index is 6.28. The summed E-state index contributed by atoms with van der Waals surface area (Å²) in [5.41, 5.74) is 12.4. The van der Waals surface area contributed by atoms with Crippen LogP contribution in [0.3, 0.4) is 0 Å². The molecule has 0 aliphatic carbocycles.